The number of carbonyl (C=O) groups is 1. The molecule has 0 unspecified atom stereocenters. The van der Waals surface area contributed by atoms with Crippen LogP contribution in [-0.2, 0) is 4.79 Å². The van der Waals surface area contributed by atoms with Crippen LogP contribution in [0.2, 0.25) is 0 Å². The van der Waals surface area contributed by atoms with Gasteiger partial charge in [0.1, 0.15) is 10.3 Å². The van der Waals surface area contributed by atoms with Crippen molar-refractivity contribution in [1.29, 1.82) is 0 Å². The summed E-state index contributed by atoms with van der Waals surface area (Å²) in [6, 6.07) is 10.0. The van der Waals surface area contributed by atoms with Crippen LogP contribution in [0.4, 0.5) is 10.8 Å². The van der Waals surface area contributed by atoms with Crippen molar-refractivity contribution in [3.8, 4) is 0 Å². The van der Waals surface area contributed by atoms with Crippen molar-refractivity contribution >= 4 is 38.4 Å². The summed E-state index contributed by atoms with van der Waals surface area (Å²) in [5.41, 5.74) is 4.13. The minimum Gasteiger partial charge on any atom is -0.347 e. The average molecular weight is 366 g/mol. The molecule has 1 fully saturated rings. The second-order valence-corrected chi connectivity index (χ2v) is 7.93. The number of piperidine rings is 1. The van der Waals surface area contributed by atoms with Gasteiger partial charge in [0, 0.05) is 25.0 Å². The lowest BCUT2D eigenvalue weighted by molar-refractivity contribution is -0.120. The molecule has 0 bridgehead atoms. The fourth-order valence-corrected chi connectivity index (χ4v) is 4.49. The molecule has 0 spiro atoms. The van der Waals surface area contributed by atoms with Gasteiger partial charge in [-0.1, -0.05) is 17.4 Å². The fraction of sp³-hybridized carbons (Fsp3) is 0.350. The van der Waals surface area contributed by atoms with Gasteiger partial charge in [0.05, 0.1) is 5.92 Å². The number of nitrogens with one attached hydrogen (secondary N) is 1. The quantitative estimate of drug-likeness (QED) is 0.756. The van der Waals surface area contributed by atoms with Crippen LogP contribution < -0.4 is 10.2 Å². The summed E-state index contributed by atoms with van der Waals surface area (Å²) < 4.78 is 0. The first-order valence-electron chi connectivity index (χ1n) is 8.94. The van der Waals surface area contributed by atoms with Gasteiger partial charge in [0.15, 0.2) is 5.13 Å². The SMILES string of the molecule is Cc1cc(C)cc(NC(=O)[C@@H]2CCCN(c3nc4cccnc4s3)C2)c1. The predicted octanol–water partition coefficient (Wildman–Crippen LogP) is 4.16. The van der Waals surface area contributed by atoms with Crippen LogP contribution >= 0.6 is 11.3 Å². The van der Waals surface area contributed by atoms with E-state index in [0.717, 1.165) is 51.7 Å². The Morgan fingerprint density at radius 3 is 2.85 bits per heavy atom. The second kappa shape index (κ2) is 7.03. The van der Waals surface area contributed by atoms with Crippen molar-refractivity contribution in [3.05, 3.63) is 47.7 Å². The van der Waals surface area contributed by atoms with Crippen LogP contribution in [0, 0.1) is 19.8 Å². The monoisotopic (exact) mass is 366 g/mol. The maximum Gasteiger partial charge on any atom is 0.229 e. The van der Waals surface area contributed by atoms with E-state index in [2.05, 4.69) is 26.3 Å². The van der Waals surface area contributed by atoms with Gasteiger partial charge in [0.2, 0.25) is 5.91 Å². The van der Waals surface area contributed by atoms with E-state index >= 15 is 0 Å². The Kier molecular flexibility index (Phi) is 4.59. The smallest absolute Gasteiger partial charge is 0.229 e. The first-order valence-corrected chi connectivity index (χ1v) is 9.76. The summed E-state index contributed by atoms with van der Waals surface area (Å²) >= 11 is 1.60. The molecular weight excluding hydrogens is 344 g/mol. The van der Waals surface area contributed by atoms with Gasteiger partial charge in [-0.2, -0.15) is 0 Å². The molecule has 5 nitrogen and oxygen atoms in total. The molecule has 1 aromatic carbocycles. The highest BCUT2D eigenvalue weighted by Gasteiger charge is 2.27. The van der Waals surface area contributed by atoms with Crippen molar-refractivity contribution in [1.82, 2.24) is 9.97 Å². The highest BCUT2D eigenvalue weighted by Crippen LogP contribution is 2.30. The van der Waals surface area contributed by atoms with Crippen molar-refractivity contribution in [3.63, 3.8) is 0 Å². The molecule has 134 valence electrons. The first-order chi connectivity index (χ1) is 12.6. The maximum atomic E-state index is 12.8. The van der Waals surface area contributed by atoms with Crippen LogP contribution in [0.15, 0.2) is 36.5 Å². The van der Waals surface area contributed by atoms with Gasteiger partial charge in [-0.15, -0.1) is 0 Å². The Morgan fingerprint density at radius 1 is 1.27 bits per heavy atom. The normalized spacial score (nSPS) is 17.5. The highest BCUT2D eigenvalue weighted by atomic mass is 32.1. The van der Waals surface area contributed by atoms with E-state index in [4.69, 9.17) is 0 Å². The molecule has 3 heterocycles. The van der Waals surface area contributed by atoms with Gasteiger partial charge in [-0.25, -0.2) is 9.97 Å². The summed E-state index contributed by atoms with van der Waals surface area (Å²) in [6.45, 7) is 5.74. The molecule has 1 aliphatic heterocycles. The summed E-state index contributed by atoms with van der Waals surface area (Å²) in [7, 11) is 0. The Morgan fingerprint density at radius 2 is 2.08 bits per heavy atom. The number of carbonyl (C=O) groups excluding carboxylic acids is 1. The minimum atomic E-state index is -0.0236. The van der Waals surface area contributed by atoms with Crippen LogP contribution in [0.25, 0.3) is 10.3 Å². The number of pyridine rings is 1. The molecular formula is C20H22N4OS. The lowest BCUT2D eigenvalue weighted by atomic mass is 9.97. The van der Waals surface area contributed by atoms with Gasteiger partial charge >= 0.3 is 0 Å². The molecule has 1 saturated heterocycles. The predicted molar refractivity (Wildman–Crippen MR) is 107 cm³/mol. The van der Waals surface area contributed by atoms with E-state index in [9.17, 15) is 4.79 Å². The van der Waals surface area contributed by atoms with Crippen molar-refractivity contribution in [2.75, 3.05) is 23.3 Å². The number of hydrogen-bond donors (Lipinski definition) is 1. The third-order valence-electron chi connectivity index (χ3n) is 4.71. The summed E-state index contributed by atoms with van der Waals surface area (Å²) in [6.07, 6.45) is 3.70. The lowest BCUT2D eigenvalue weighted by Gasteiger charge is -2.31. The molecule has 0 radical (unpaired) electrons. The molecule has 1 atom stereocenters. The Balaban J connectivity index is 1.48. The van der Waals surface area contributed by atoms with E-state index in [0.29, 0.717) is 6.54 Å². The summed E-state index contributed by atoms with van der Waals surface area (Å²) in [5.74, 6) is 0.0727. The molecule has 1 aliphatic rings. The van der Waals surface area contributed by atoms with E-state index in [1.165, 1.54) is 0 Å². The van der Waals surface area contributed by atoms with Crippen LogP contribution in [0.3, 0.4) is 0 Å². The standard InChI is InChI=1S/C20H22N4OS/c1-13-9-14(2)11-16(10-13)22-18(25)15-5-4-8-24(12-15)20-23-17-6-3-7-21-19(17)26-20/h3,6-7,9-11,15H,4-5,8,12H2,1-2H3,(H,22,25)/t15-/m1/s1. The molecule has 2 aromatic heterocycles. The number of rotatable bonds is 3. The lowest BCUT2D eigenvalue weighted by Crippen LogP contribution is -2.40. The molecule has 1 amide bonds. The van der Waals surface area contributed by atoms with Crippen LogP contribution in [0.5, 0.6) is 0 Å². The van der Waals surface area contributed by atoms with E-state index in [-0.39, 0.29) is 11.8 Å². The third kappa shape index (κ3) is 3.55. The molecule has 4 rings (SSSR count). The number of fused-ring (bicyclic) bond motifs is 1. The zero-order valence-corrected chi connectivity index (χ0v) is 15.8. The third-order valence-corrected chi connectivity index (χ3v) is 5.75. The molecule has 1 N–H and O–H groups in total. The molecule has 6 heteroatoms. The van der Waals surface area contributed by atoms with E-state index in [1.54, 1.807) is 17.5 Å². The van der Waals surface area contributed by atoms with Crippen molar-refractivity contribution in [2.24, 2.45) is 5.92 Å². The number of thiazole rings is 1. The van der Waals surface area contributed by atoms with Crippen molar-refractivity contribution in [2.45, 2.75) is 26.7 Å². The Hall–Kier alpha value is -2.47. The number of benzene rings is 1. The zero-order chi connectivity index (χ0) is 18.1. The maximum absolute atomic E-state index is 12.8. The fourth-order valence-electron chi connectivity index (χ4n) is 3.55. The number of aryl methyl sites for hydroxylation is 2. The Bertz CT molecular complexity index is 899. The number of aromatic nitrogens is 2. The van der Waals surface area contributed by atoms with Crippen LogP contribution in [-0.4, -0.2) is 29.0 Å². The topological polar surface area (TPSA) is 58.1 Å². The van der Waals surface area contributed by atoms with E-state index in [1.807, 2.05) is 38.1 Å². The molecule has 26 heavy (non-hydrogen) atoms. The second-order valence-electron chi connectivity index (χ2n) is 6.97. The van der Waals surface area contributed by atoms with Crippen LogP contribution in [0.1, 0.15) is 24.0 Å². The number of anilines is 2. The largest absolute Gasteiger partial charge is 0.347 e. The molecule has 0 aliphatic carbocycles. The number of nitrogens with zero attached hydrogens (tertiary/aromatic N) is 3. The summed E-state index contributed by atoms with van der Waals surface area (Å²) in [4.78, 5) is 25.0. The average Bonchev–Trinajstić information content (AvgIpc) is 3.05. The van der Waals surface area contributed by atoms with Gasteiger partial charge < -0.3 is 10.2 Å². The Labute approximate surface area is 157 Å². The minimum absolute atomic E-state index is 0.0236. The van der Waals surface area contributed by atoms with Gasteiger partial charge in [0.25, 0.3) is 0 Å². The molecule has 3 aromatic rings. The zero-order valence-electron chi connectivity index (χ0n) is 15.0. The number of amides is 1. The van der Waals surface area contributed by atoms with Gasteiger partial charge in [-0.3, -0.25) is 4.79 Å². The number of hydrogen-bond acceptors (Lipinski definition) is 5. The summed E-state index contributed by atoms with van der Waals surface area (Å²) in [5, 5.41) is 4.06. The van der Waals surface area contributed by atoms with Crippen molar-refractivity contribution < 1.29 is 4.79 Å². The highest BCUT2D eigenvalue weighted by molar-refractivity contribution is 7.21. The van der Waals surface area contributed by atoms with E-state index < -0.39 is 0 Å². The van der Waals surface area contributed by atoms with Gasteiger partial charge in [-0.05, 0) is 62.1 Å². The molecule has 0 saturated carbocycles. The first kappa shape index (κ1) is 17.0.